The van der Waals surface area contributed by atoms with Crippen LogP contribution in [0.1, 0.15) is 26.5 Å². The quantitative estimate of drug-likeness (QED) is 0.450. The molecule has 11 heteroatoms. The van der Waals surface area contributed by atoms with Crippen molar-refractivity contribution in [1.82, 2.24) is 25.1 Å². The molecule has 0 aliphatic rings. The maximum atomic E-state index is 14.6. The summed E-state index contributed by atoms with van der Waals surface area (Å²) in [6.07, 6.45) is 3.16. The minimum absolute atomic E-state index is 0.0215. The lowest BCUT2D eigenvalue weighted by Gasteiger charge is -2.12. The Morgan fingerprint density at radius 1 is 1.12 bits per heavy atom. The fourth-order valence-electron chi connectivity index (χ4n) is 2.89. The van der Waals surface area contributed by atoms with E-state index in [9.17, 15) is 9.18 Å². The number of nitrogens with one attached hydrogen (secondary N) is 2. The Bertz CT molecular complexity index is 1290. The number of carbonyl (C=O) groups excluding carboxylic acids is 1. The Labute approximate surface area is 188 Å². The lowest BCUT2D eigenvalue weighted by atomic mass is 9.92. The molecule has 0 saturated carbocycles. The van der Waals surface area contributed by atoms with E-state index < -0.39 is 11.8 Å². The summed E-state index contributed by atoms with van der Waals surface area (Å²) in [6.45, 7) is 5.91. The second-order valence-electron chi connectivity index (χ2n) is 8.27. The van der Waals surface area contributed by atoms with Crippen LogP contribution in [0, 0.1) is 5.82 Å². The third kappa shape index (κ3) is 5.14. The van der Waals surface area contributed by atoms with Gasteiger partial charge in [0, 0.05) is 36.9 Å². The maximum Gasteiger partial charge on any atom is 0.326 e. The number of aryl methyl sites for hydroxylation is 1. The largest absolute Gasteiger partial charge is 0.457 e. The lowest BCUT2D eigenvalue weighted by molar-refractivity contribution is 0.261. The van der Waals surface area contributed by atoms with E-state index in [4.69, 9.17) is 9.26 Å². The Balaban J connectivity index is 1.42. The summed E-state index contributed by atoms with van der Waals surface area (Å²) >= 11 is 0. The molecule has 4 rings (SSSR count). The van der Waals surface area contributed by atoms with E-state index in [0.29, 0.717) is 22.8 Å². The predicted octanol–water partition coefficient (Wildman–Crippen LogP) is 4.74. The molecule has 10 nitrogen and oxygen atoms in total. The number of urea groups is 1. The van der Waals surface area contributed by atoms with Gasteiger partial charge in [-0.3, -0.25) is 10.3 Å². The van der Waals surface area contributed by atoms with Crippen molar-refractivity contribution < 1.29 is 18.4 Å². The highest BCUT2D eigenvalue weighted by atomic mass is 19.1. The number of ether oxygens (including phenoxy) is 1. The number of anilines is 2. The van der Waals surface area contributed by atoms with Gasteiger partial charge < -0.3 is 14.6 Å². The van der Waals surface area contributed by atoms with Gasteiger partial charge in [-0.1, -0.05) is 31.1 Å². The highest BCUT2D eigenvalue weighted by Gasteiger charge is 2.20. The van der Waals surface area contributed by atoms with Crippen molar-refractivity contribution in [3.63, 3.8) is 0 Å². The molecule has 2 N–H and O–H groups in total. The molecule has 0 aliphatic carbocycles. The van der Waals surface area contributed by atoms with Gasteiger partial charge in [-0.2, -0.15) is 0 Å². The van der Waals surface area contributed by atoms with Gasteiger partial charge in [-0.05, 0) is 18.2 Å². The van der Waals surface area contributed by atoms with Crippen LogP contribution in [0.5, 0.6) is 11.5 Å². The van der Waals surface area contributed by atoms with E-state index in [-0.39, 0.29) is 22.7 Å². The summed E-state index contributed by atoms with van der Waals surface area (Å²) in [5, 5.41) is 16.6. The molecule has 0 fully saturated rings. The van der Waals surface area contributed by atoms with Crippen molar-refractivity contribution >= 4 is 17.6 Å². The fourth-order valence-corrected chi connectivity index (χ4v) is 2.89. The van der Waals surface area contributed by atoms with Crippen molar-refractivity contribution in [2.45, 2.75) is 26.2 Å². The topological polar surface area (TPSA) is 120 Å². The van der Waals surface area contributed by atoms with Crippen LogP contribution in [0.3, 0.4) is 0 Å². The van der Waals surface area contributed by atoms with Gasteiger partial charge in [0.05, 0.1) is 23.3 Å². The number of hydrogen-bond acceptors (Lipinski definition) is 7. The standard InChI is InChI=1S/C22H22FN7O3/c1-22(2,3)19-11-20(33-28-19)27-21(31)26-16-6-5-13(9-15(16)23)32-14-7-8-24-17(10-14)18-12-25-29-30(18)4/h5-12H,1-4H3,(H2,26,27,31). The first kappa shape index (κ1) is 21.9. The van der Waals surface area contributed by atoms with Gasteiger partial charge in [0.15, 0.2) is 0 Å². The van der Waals surface area contributed by atoms with Gasteiger partial charge in [-0.15, -0.1) is 5.10 Å². The van der Waals surface area contributed by atoms with Crippen LogP contribution < -0.4 is 15.4 Å². The van der Waals surface area contributed by atoms with E-state index in [2.05, 4.69) is 31.1 Å². The van der Waals surface area contributed by atoms with Gasteiger partial charge in [0.25, 0.3) is 0 Å². The number of amides is 2. The van der Waals surface area contributed by atoms with Crippen LogP contribution in [-0.2, 0) is 12.5 Å². The average Bonchev–Trinajstić information content (AvgIpc) is 3.39. The zero-order valence-electron chi connectivity index (χ0n) is 18.5. The number of benzene rings is 1. The Hall–Kier alpha value is -4.28. The minimum atomic E-state index is -0.666. The SMILES string of the molecule is Cn1nncc1-c1cc(Oc2ccc(NC(=O)Nc3cc(C(C)(C)C)no3)c(F)c2)ccn1. The molecule has 33 heavy (non-hydrogen) atoms. The molecule has 0 bridgehead atoms. The van der Waals surface area contributed by atoms with E-state index in [1.54, 1.807) is 42.3 Å². The van der Waals surface area contributed by atoms with E-state index in [1.807, 2.05) is 20.8 Å². The van der Waals surface area contributed by atoms with Crippen molar-refractivity contribution in [3.05, 3.63) is 60.3 Å². The van der Waals surface area contributed by atoms with Crippen LogP contribution in [0.2, 0.25) is 0 Å². The molecule has 0 aliphatic heterocycles. The molecular weight excluding hydrogens is 429 g/mol. The van der Waals surface area contributed by atoms with Crippen molar-refractivity contribution in [3.8, 4) is 22.9 Å². The van der Waals surface area contributed by atoms with Crippen LogP contribution in [0.4, 0.5) is 20.8 Å². The number of rotatable bonds is 5. The number of pyridine rings is 1. The molecule has 2 amide bonds. The first-order valence-corrected chi connectivity index (χ1v) is 10.0. The molecule has 170 valence electrons. The Kier molecular flexibility index (Phi) is 5.78. The summed E-state index contributed by atoms with van der Waals surface area (Å²) in [5.74, 6) is 0.207. The average molecular weight is 451 g/mol. The lowest BCUT2D eigenvalue weighted by Crippen LogP contribution is -2.19. The molecule has 0 spiro atoms. The van der Waals surface area contributed by atoms with Crippen LogP contribution in [-0.4, -0.2) is 31.2 Å². The molecule has 0 saturated heterocycles. The van der Waals surface area contributed by atoms with E-state index >= 15 is 0 Å². The smallest absolute Gasteiger partial charge is 0.326 e. The third-order valence-electron chi connectivity index (χ3n) is 4.65. The molecule has 3 heterocycles. The Morgan fingerprint density at radius 3 is 2.58 bits per heavy atom. The molecule has 0 atom stereocenters. The van der Waals surface area contributed by atoms with Gasteiger partial charge in [0.2, 0.25) is 5.88 Å². The van der Waals surface area contributed by atoms with Crippen LogP contribution in [0.25, 0.3) is 11.4 Å². The number of halogens is 1. The van der Waals surface area contributed by atoms with Gasteiger partial charge in [-0.25, -0.2) is 13.9 Å². The van der Waals surface area contributed by atoms with E-state index in [1.165, 1.54) is 18.2 Å². The fraction of sp³-hybridized carbons (Fsp3) is 0.227. The number of aromatic nitrogens is 5. The van der Waals surface area contributed by atoms with E-state index in [0.717, 1.165) is 0 Å². The highest BCUT2D eigenvalue weighted by Crippen LogP contribution is 2.28. The first-order valence-electron chi connectivity index (χ1n) is 10.0. The maximum absolute atomic E-state index is 14.6. The highest BCUT2D eigenvalue weighted by molar-refractivity contribution is 5.99. The van der Waals surface area contributed by atoms with Gasteiger partial charge >= 0.3 is 6.03 Å². The van der Waals surface area contributed by atoms with Crippen molar-refractivity contribution in [2.24, 2.45) is 7.05 Å². The summed E-state index contributed by atoms with van der Waals surface area (Å²) in [6, 6.07) is 8.41. The van der Waals surface area contributed by atoms with Gasteiger partial charge in [0.1, 0.15) is 23.0 Å². The minimum Gasteiger partial charge on any atom is -0.457 e. The molecule has 0 radical (unpaired) electrons. The molecule has 0 unspecified atom stereocenters. The summed E-state index contributed by atoms with van der Waals surface area (Å²) < 4.78 is 27.0. The zero-order chi connectivity index (χ0) is 23.6. The molecule has 4 aromatic rings. The van der Waals surface area contributed by atoms with Crippen LogP contribution >= 0.6 is 0 Å². The summed E-state index contributed by atoms with van der Waals surface area (Å²) in [4.78, 5) is 16.5. The Morgan fingerprint density at radius 2 is 1.91 bits per heavy atom. The predicted molar refractivity (Wildman–Crippen MR) is 119 cm³/mol. The van der Waals surface area contributed by atoms with Crippen molar-refractivity contribution in [2.75, 3.05) is 10.6 Å². The second-order valence-corrected chi connectivity index (χ2v) is 8.27. The number of hydrogen-bond donors (Lipinski definition) is 2. The molecular formula is C22H22FN7O3. The first-order chi connectivity index (χ1) is 15.7. The van der Waals surface area contributed by atoms with Crippen LogP contribution in [0.15, 0.2) is 53.3 Å². The van der Waals surface area contributed by atoms with Crippen molar-refractivity contribution in [1.29, 1.82) is 0 Å². The summed E-state index contributed by atoms with van der Waals surface area (Å²) in [7, 11) is 1.75. The monoisotopic (exact) mass is 451 g/mol. The third-order valence-corrected chi connectivity index (χ3v) is 4.65. The second kappa shape index (κ2) is 8.69. The number of nitrogens with zero attached hydrogens (tertiary/aromatic N) is 5. The zero-order valence-corrected chi connectivity index (χ0v) is 18.5. The summed E-state index contributed by atoms with van der Waals surface area (Å²) in [5.41, 5.74) is 1.75. The normalized spacial score (nSPS) is 11.3. The molecule has 1 aromatic carbocycles. The molecule has 3 aromatic heterocycles. The number of carbonyl (C=O) groups is 1.